The van der Waals surface area contributed by atoms with E-state index >= 15 is 0 Å². The van der Waals surface area contributed by atoms with E-state index in [0.29, 0.717) is 17.5 Å². The van der Waals surface area contributed by atoms with Crippen molar-refractivity contribution in [2.24, 2.45) is 16.6 Å². The van der Waals surface area contributed by atoms with Crippen molar-refractivity contribution in [3.8, 4) is 5.88 Å². The van der Waals surface area contributed by atoms with Gasteiger partial charge in [-0.05, 0) is 43.4 Å². The van der Waals surface area contributed by atoms with Gasteiger partial charge in [0.05, 0.1) is 19.5 Å². The van der Waals surface area contributed by atoms with Crippen LogP contribution in [0.4, 0.5) is 15.8 Å². The van der Waals surface area contributed by atoms with Gasteiger partial charge in [0, 0.05) is 5.69 Å². The van der Waals surface area contributed by atoms with E-state index in [2.05, 4.69) is 27.2 Å². The van der Waals surface area contributed by atoms with Crippen LogP contribution >= 0.6 is 0 Å². The Labute approximate surface area is 168 Å². The summed E-state index contributed by atoms with van der Waals surface area (Å²) >= 11 is 0. The quantitative estimate of drug-likeness (QED) is 0.586. The van der Waals surface area contributed by atoms with Gasteiger partial charge >= 0.3 is 0 Å². The van der Waals surface area contributed by atoms with Gasteiger partial charge in [0.15, 0.2) is 0 Å². The van der Waals surface area contributed by atoms with Gasteiger partial charge in [0.25, 0.3) is 11.9 Å². The molecule has 0 spiro atoms. The molecule has 1 aliphatic rings. The molecule has 1 amide bonds. The monoisotopic (exact) mass is 401 g/mol. The Hall–Kier alpha value is -3.23. The number of nitrogens with one attached hydrogen (secondary N) is 1. The number of hydrogen-bond donors (Lipinski definition) is 2. The first-order valence-corrected chi connectivity index (χ1v) is 9.44. The van der Waals surface area contributed by atoms with Crippen molar-refractivity contribution in [3.05, 3.63) is 42.1 Å². The van der Waals surface area contributed by atoms with Crippen molar-refractivity contribution in [1.29, 1.82) is 0 Å². The number of carbonyl (C=O) groups is 1. The summed E-state index contributed by atoms with van der Waals surface area (Å²) < 4.78 is 24.8. The number of nitrogens with zero attached hydrogens (tertiary/aromatic N) is 3. The van der Waals surface area contributed by atoms with Gasteiger partial charge in [-0.3, -0.25) is 4.79 Å². The maximum atomic E-state index is 14.2. The lowest BCUT2D eigenvalue weighted by atomic mass is 9.88. The second kappa shape index (κ2) is 9.31. The number of amides is 1. The third-order valence-electron chi connectivity index (χ3n) is 4.81. The minimum atomic E-state index is -0.574. The highest BCUT2D eigenvalue weighted by atomic mass is 19.1. The van der Waals surface area contributed by atoms with Gasteiger partial charge in [0.1, 0.15) is 23.3 Å². The molecule has 3 rings (SSSR count). The molecule has 0 saturated heterocycles. The van der Waals surface area contributed by atoms with Crippen LogP contribution in [0.3, 0.4) is 0 Å². The summed E-state index contributed by atoms with van der Waals surface area (Å²) in [6, 6.07) is 3.91. The average molecular weight is 401 g/mol. The number of anilines is 1. The lowest BCUT2D eigenvalue weighted by molar-refractivity contribution is 0.0895. The summed E-state index contributed by atoms with van der Waals surface area (Å²) in [6.45, 7) is 2.11. The Balaban J connectivity index is 1.70. The number of ether oxygens (including phenoxy) is 2. The Kier molecular flexibility index (Phi) is 6.58. The van der Waals surface area contributed by atoms with E-state index in [0.717, 1.165) is 19.3 Å². The molecule has 0 aliphatic heterocycles. The molecule has 1 saturated carbocycles. The van der Waals surface area contributed by atoms with E-state index in [9.17, 15) is 9.18 Å². The number of hydrogen-bond acceptors (Lipinski definition) is 6. The van der Waals surface area contributed by atoms with Gasteiger partial charge in [-0.1, -0.05) is 13.3 Å². The molecular weight excluding hydrogens is 377 g/mol. The van der Waals surface area contributed by atoms with E-state index < -0.39 is 11.7 Å². The minimum Gasteiger partial charge on any atom is -0.480 e. The highest BCUT2D eigenvalue weighted by Crippen LogP contribution is 2.27. The summed E-state index contributed by atoms with van der Waals surface area (Å²) in [5.41, 5.74) is 6.29. The fraction of sp³-hybridized carbons (Fsp3) is 0.400. The van der Waals surface area contributed by atoms with Crippen molar-refractivity contribution in [3.63, 3.8) is 0 Å². The van der Waals surface area contributed by atoms with Crippen molar-refractivity contribution in [1.82, 2.24) is 9.97 Å². The predicted octanol–water partition coefficient (Wildman–Crippen LogP) is 3.42. The smallest absolute Gasteiger partial charge is 0.287 e. The Morgan fingerprint density at radius 1 is 1.28 bits per heavy atom. The first-order chi connectivity index (χ1) is 14.0. The molecule has 0 radical (unpaired) electrons. The van der Waals surface area contributed by atoms with Crippen LogP contribution < -0.4 is 15.8 Å². The van der Waals surface area contributed by atoms with Crippen molar-refractivity contribution >= 4 is 23.3 Å². The summed E-state index contributed by atoms with van der Waals surface area (Å²) in [4.78, 5) is 24.2. The normalized spacial score (nSPS) is 19.5. The summed E-state index contributed by atoms with van der Waals surface area (Å²) in [5.74, 6) is -0.404. The number of methoxy groups -OCH3 is 1. The summed E-state index contributed by atoms with van der Waals surface area (Å²) in [6.07, 6.45) is 6.82. The lowest BCUT2D eigenvalue weighted by Crippen LogP contribution is -2.31. The van der Waals surface area contributed by atoms with Gasteiger partial charge < -0.3 is 20.5 Å². The van der Waals surface area contributed by atoms with Crippen LogP contribution in [0, 0.1) is 11.7 Å². The number of nitrogens with two attached hydrogens (primary N) is 1. The molecule has 1 fully saturated rings. The third-order valence-corrected chi connectivity index (χ3v) is 4.81. The van der Waals surface area contributed by atoms with Crippen molar-refractivity contribution < 1.29 is 18.7 Å². The topological polar surface area (TPSA) is 112 Å². The summed E-state index contributed by atoms with van der Waals surface area (Å²) in [5, 5.41) is 2.63. The van der Waals surface area contributed by atoms with Crippen LogP contribution in [0.1, 0.15) is 43.1 Å². The molecule has 2 aromatic rings. The molecule has 1 heterocycles. The summed E-state index contributed by atoms with van der Waals surface area (Å²) in [7, 11) is 1.45. The van der Waals surface area contributed by atoms with Gasteiger partial charge in [0.2, 0.25) is 5.88 Å². The number of aliphatic imine (C=N–C) groups is 1. The zero-order valence-electron chi connectivity index (χ0n) is 16.4. The molecule has 1 unspecified atom stereocenters. The predicted molar refractivity (Wildman–Crippen MR) is 107 cm³/mol. The Morgan fingerprint density at radius 3 is 2.76 bits per heavy atom. The van der Waals surface area contributed by atoms with Crippen LogP contribution in [0.5, 0.6) is 5.88 Å². The highest BCUT2D eigenvalue weighted by Gasteiger charge is 2.23. The number of benzene rings is 1. The van der Waals surface area contributed by atoms with Gasteiger partial charge in [-0.25, -0.2) is 14.4 Å². The van der Waals surface area contributed by atoms with E-state index in [1.54, 1.807) is 0 Å². The van der Waals surface area contributed by atoms with Gasteiger partial charge in [-0.15, -0.1) is 0 Å². The number of carbonyl (C=O) groups excluding carboxylic acids is 1. The average Bonchev–Trinajstić information content (AvgIpc) is 2.72. The molecule has 8 nitrogen and oxygen atoms in total. The first-order valence-electron chi connectivity index (χ1n) is 9.44. The zero-order valence-corrected chi connectivity index (χ0v) is 16.4. The molecule has 29 heavy (non-hydrogen) atoms. The number of halogens is 1. The molecular formula is C20H24FN5O3. The van der Waals surface area contributed by atoms with Crippen LogP contribution in [-0.4, -0.2) is 35.1 Å². The van der Waals surface area contributed by atoms with E-state index in [1.807, 2.05) is 0 Å². The number of amidine groups is 1. The molecule has 0 bridgehead atoms. The van der Waals surface area contributed by atoms with E-state index in [-0.39, 0.29) is 23.5 Å². The molecule has 154 valence electrons. The Bertz CT molecular complexity index is 888. The fourth-order valence-corrected chi connectivity index (χ4v) is 3.17. The number of aromatic nitrogens is 2. The number of rotatable bonds is 5. The van der Waals surface area contributed by atoms with Crippen LogP contribution in [0.25, 0.3) is 0 Å². The first kappa shape index (κ1) is 20.5. The van der Waals surface area contributed by atoms with Crippen LogP contribution in [0.15, 0.2) is 35.6 Å². The van der Waals surface area contributed by atoms with Crippen molar-refractivity contribution in [2.75, 3.05) is 12.4 Å². The molecule has 1 aromatic heterocycles. The molecule has 1 aliphatic carbocycles. The van der Waals surface area contributed by atoms with Crippen molar-refractivity contribution in [2.45, 2.75) is 38.7 Å². The molecule has 1 aromatic carbocycles. The lowest BCUT2D eigenvalue weighted by Gasteiger charge is -2.28. The van der Waals surface area contributed by atoms with Gasteiger partial charge in [-0.2, -0.15) is 4.99 Å². The maximum absolute atomic E-state index is 14.2. The van der Waals surface area contributed by atoms with Crippen LogP contribution in [0.2, 0.25) is 0 Å². The molecule has 9 heteroatoms. The molecule has 2 atom stereocenters. The molecule has 3 N–H and O–H groups in total. The van der Waals surface area contributed by atoms with E-state index in [4.69, 9.17) is 15.2 Å². The minimum absolute atomic E-state index is 0.0212. The highest BCUT2D eigenvalue weighted by molar-refractivity contribution is 6.02. The largest absolute Gasteiger partial charge is 0.480 e. The standard InChI is InChI=1S/C20H24FN5O3/c1-12-5-3-4-6-17(12)29-20(22)26-15-9-13(7-8-14(15)21)25-19(27)16-10-24-18(28-2)11-23-16/h7-12,17H,3-6H2,1-2H3,(H2,22,26)(H,25,27)/t12-,17?/m0/s1. The zero-order chi connectivity index (χ0) is 20.8. The maximum Gasteiger partial charge on any atom is 0.287 e. The Morgan fingerprint density at radius 2 is 2.07 bits per heavy atom. The van der Waals surface area contributed by atoms with E-state index in [1.165, 1.54) is 44.1 Å². The SMILES string of the molecule is COc1cnc(C(=O)Nc2ccc(F)c(/N=C(/N)OC3CCCC[C@@H]3C)c2)cn1. The third kappa shape index (κ3) is 5.40. The fourth-order valence-electron chi connectivity index (χ4n) is 3.17. The second-order valence-electron chi connectivity index (χ2n) is 6.93. The van der Waals surface area contributed by atoms with Crippen LogP contribution in [-0.2, 0) is 4.74 Å². The second-order valence-corrected chi connectivity index (χ2v) is 6.93.